The van der Waals surface area contributed by atoms with Crippen LogP contribution in [0.2, 0.25) is 0 Å². The first kappa shape index (κ1) is 26.0. The van der Waals surface area contributed by atoms with Gasteiger partial charge in [-0.25, -0.2) is 4.79 Å². The highest BCUT2D eigenvalue weighted by atomic mass is 16.6. The van der Waals surface area contributed by atoms with Crippen LogP contribution < -0.4 is 10.1 Å². The molecule has 0 saturated heterocycles. The van der Waals surface area contributed by atoms with Crippen LogP contribution in [0.25, 0.3) is 0 Å². The van der Waals surface area contributed by atoms with Gasteiger partial charge in [-0.1, -0.05) is 30.7 Å². The molecule has 11 heteroatoms. The van der Waals surface area contributed by atoms with Gasteiger partial charge in [0.1, 0.15) is 22.6 Å². The molecule has 3 aromatic carbocycles. The van der Waals surface area contributed by atoms with Crippen LogP contribution in [-0.4, -0.2) is 45.2 Å². The van der Waals surface area contributed by atoms with E-state index in [1.54, 1.807) is 30.3 Å². The fourth-order valence-electron chi connectivity index (χ4n) is 4.06. The quantitative estimate of drug-likeness (QED) is 0.101. The summed E-state index contributed by atoms with van der Waals surface area (Å²) in [7, 11) is 0. The third-order valence-electron chi connectivity index (χ3n) is 5.91. The summed E-state index contributed by atoms with van der Waals surface area (Å²) in [5.41, 5.74) is -0.315. The van der Waals surface area contributed by atoms with Crippen molar-refractivity contribution >= 4 is 35.1 Å². The number of benzene rings is 3. The fraction of sp³-hybridized carbons (Fsp3) is 0.185. The van der Waals surface area contributed by atoms with Gasteiger partial charge in [0.05, 0.1) is 10.5 Å². The number of imide groups is 1. The summed E-state index contributed by atoms with van der Waals surface area (Å²) in [6, 6.07) is 16.4. The molecular weight excluding hydrogens is 494 g/mol. The van der Waals surface area contributed by atoms with Crippen molar-refractivity contribution in [2.24, 2.45) is 0 Å². The fourth-order valence-corrected chi connectivity index (χ4v) is 4.06. The minimum absolute atomic E-state index is 0.0196. The van der Waals surface area contributed by atoms with Crippen molar-refractivity contribution in [2.75, 3.05) is 11.9 Å². The highest BCUT2D eigenvalue weighted by Crippen LogP contribution is 2.31. The minimum atomic E-state index is -0.737. The molecule has 0 saturated carbocycles. The molecule has 3 amide bonds. The number of nitro benzene ring substituents is 1. The van der Waals surface area contributed by atoms with Gasteiger partial charge in [-0.05, 0) is 43.2 Å². The van der Waals surface area contributed by atoms with E-state index in [1.807, 2.05) is 0 Å². The number of carbonyl (C=O) groups is 4. The number of nitrogens with one attached hydrogen (secondary N) is 1. The minimum Gasteiger partial charge on any atom is -0.507 e. The molecule has 1 aliphatic heterocycles. The number of hydrogen-bond acceptors (Lipinski definition) is 8. The Kier molecular flexibility index (Phi) is 7.76. The number of rotatable bonds is 10. The number of nitrogens with zero attached hydrogens (tertiary/aromatic N) is 2. The Morgan fingerprint density at radius 1 is 0.947 bits per heavy atom. The van der Waals surface area contributed by atoms with E-state index in [1.165, 1.54) is 36.4 Å². The second-order valence-electron chi connectivity index (χ2n) is 8.51. The van der Waals surface area contributed by atoms with Crippen molar-refractivity contribution in [3.05, 3.63) is 93.5 Å². The van der Waals surface area contributed by atoms with E-state index >= 15 is 0 Å². The number of amides is 3. The Morgan fingerprint density at radius 3 is 2.42 bits per heavy atom. The number of unbranched alkanes of at least 4 members (excludes halogenated alkanes) is 2. The maximum atomic E-state index is 12.6. The number of fused-ring (bicyclic) bond motifs is 1. The molecule has 3 aromatic rings. The summed E-state index contributed by atoms with van der Waals surface area (Å²) in [5, 5.41) is 24.0. The Morgan fingerprint density at radius 2 is 1.71 bits per heavy atom. The molecule has 0 aromatic heterocycles. The van der Waals surface area contributed by atoms with Crippen LogP contribution in [0, 0.1) is 10.1 Å². The number of nitro groups is 1. The summed E-state index contributed by atoms with van der Waals surface area (Å²) in [4.78, 5) is 61.2. The maximum absolute atomic E-state index is 12.6. The molecule has 0 atom stereocenters. The molecule has 0 bridgehead atoms. The molecule has 11 nitrogen and oxygen atoms in total. The highest BCUT2D eigenvalue weighted by molar-refractivity contribution is 6.23. The molecule has 0 radical (unpaired) electrons. The normalized spacial score (nSPS) is 12.3. The van der Waals surface area contributed by atoms with Crippen LogP contribution in [0.15, 0.2) is 66.7 Å². The smallest absolute Gasteiger partial charge is 0.347 e. The van der Waals surface area contributed by atoms with Crippen LogP contribution in [0.4, 0.5) is 11.4 Å². The third-order valence-corrected chi connectivity index (χ3v) is 5.91. The Hall–Kier alpha value is -5.06. The number of aromatic hydroxyl groups is 1. The average Bonchev–Trinajstić information content (AvgIpc) is 3.13. The Balaban J connectivity index is 1.22. The summed E-state index contributed by atoms with van der Waals surface area (Å²) < 4.78 is 5.20. The molecular formula is C27H23N3O8. The molecule has 2 N–H and O–H groups in total. The zero-order chi connectivity index (χ0) is 27.2. The van der Waals surface area contributed by atoms with Gasteiger partial charge in [-0.3, -0.25) is 29.4 Å². The van der Waals surface area contributed by atoms with Crippen LogP contribution >= 0.6 is 0 Å². The molecule has 0 spiro atoms. The summed E-state index contributed by atoms with van der Waals surface area (Å²) in [6.45, 7) is 0.0829. The van der Waals surface area contributed by atoms with Crippen molar-refractivity contribution < 1.29 is 33.9 Å². The lowest BCUT2D eigenvalue weighted by molar-refractivity contribution is -0.385. The van der Waals surface area contributed by atoms with E-state index in [0.717, 1.165) is 4.90 Å². The van der Waals surface area contributed by atoms with Gasteiger partial charge < -0.3 is 15.2 Å². The Labute approximate surface area is 216 Å². The number of phenols is 1. The van der Waals surface area contributed by atoms with Gasteiger partial charge >= 0.3 is 5.97 Å². The van der Waals surface area contributed by atoms with E-state index in [9.17, 15) is 34.4 Å². The van der Waals surface area contributed by atoms with Crippen molar-refractivity contribution in [1.29, 1.82) is 0 Å². The molecule has 1 aliphatic rings. The average molecular weight is 517 g/mol. The molecule has 4 rings (SSSR count). The number of esters is 1. The van der Waals surface area contributed by atoms with Crippen LogP contribution in [0.3, 0.4) is 0 Å². The topological polar surface area (TPSA) is 156 Å². The van der Waals surface area contributed by atoms with Gasteiger partial charge in [0.2, 0.25) is 5.91 Å². The van der Waals surface area contributed by atoms with Crippen molar-refractivity contribution in [3.8, 4) is 11.5 Å². The number of anilines is 1. The predicted molar refractivity (Wildman–Crippen MR) is 135 cm³/mol. The van der Waals surface area contributed by atoms with E-state index < -0.39 is 28.4 Å². The molecule has 0 unspecified atom stereocenters. The van der Waals surface area contributed by atoms with Crippen molar-refractivity contribution in [3.63, 3.8) is 0 Å². The molecule has 38 heavy (non-hydrogen) atoms. The largest absolute Gasteiger partial charge is 0.507 e. The lowest BCUT2D eigenvalue weighted by Gasteiger charge is -2.13. The van der Waals surface area contributed by atoms with Crippen LogP contribution in [-0.2, 0) is 4.79 Å². The standard InChI is InChI=1S/C27H23N3O8/c31-22-16-17(13-14-19(22)27(35)38-18-8-3-1-4-9-18)28-23(32)12-5-2-6-15-29-25(33)20-10-7-11-21(30(36)37)24(20)26(29)34/h1,3-4,7-11,13-14,16,31H,2,5-6,12,15H2,(H,28,32). The van der Waals surface area contributed by atoms with E-state index in [0.29, 0.717) is 30.7 Å². The second kappa shape index (κ2) is 11.3. The summed E-state index contributed by atoms with van der Waals surface area (Å²) in [5.74, 6) is -2.32. The zero-order valence-corrected chi connectivity index (χ0v) is 20.1. The van der Waals surface area contributed by atoms with E-state index in [-0.39, 0.29) is 41.3 Å². The highest BCUT2D eigenvalue weighted by Gasteiger charge is 2.40. The maximum Gasteiger partial charge on any atom is 0.347 e. The second-order valence-corrected chi connectivity index (χ2v) is 8.51. The van der Waals surface area contributed by atoms with E-state index in [2.05, 4.69) is 5.32 Å². The monoisotopic (exact) mass is 517 g/mol. The summed E-state index contributed by atoms with van der Waals surface area (Å²) in [6.07, 6.45) is 1.55. The van der Waals surface area contributed by atoms with E-state index in [4.69, 9.17) is 4.74 Å². The predicted octanol–water partition coefficient (Wildman–Crippen LogP) is 4.31. The third kappa shape index (κ3) is 5.67. The van der Waals surface area contributed by atoms with Crippen LogP contribution in [0.1, 0.15) is 56.8 Å². The molecule has 1 heterocycles. The summed E-state index contributed by atoms with van der Waals surface area (Å²) >= 11 is 0. The zero-order valence-electron chi connectivity index (χ0n) is 20.1. The van der Waals surface area contributed by atoms with Crippen LogP contribution in [0.5, 0.6) is 11.5 Å². The number of ether oxygens (including phenoxy) is 1. The van der Waals surface area contributed by atoms with Gasteiger partial charge in [0.15, 0.2) is 0 Å². The van der Waals surface area contributed by atoms with Gasteiger partial charge in [-0.2, -0.15) is 0 Å². The lowest BCUT2D eigenvalue weighted by Crippen LogP contribution is -2.30. The molecule has 0 aliphatic carbocycles. The number of carbonyl (C=O) groups excluding carboxylic acids is 4. The van der Waals surface area contributed by atoms with Crippen molar-refractivity contribution in [1.82, 2.24) is 4.90 Å². The molecule has 194 valence electrons. The first-order chi connectivity index (χ1) is 18.3. The SMILES string of the molecule is O=C(CCCCCN1C(=O)c2cccc([N+](=O)[O-])c2C1=O)Nc1ccc(C(=O)Oc2ccccc2)c(O)c1. The lowest BCUT2D eigenvalue weighted by atomic mass is 10.1. The first-order valence-electron chi connectivity index (χ1n) is 11.8. The van der Waals surface area contributed by atoms with Gasteiger partial charge in [0, 0.05) is 30.8 Å². The first-order valence-corrected chi connectivity index (χ1v) is 11.8. The number of hydrogen-bond donors (Lipinski definition) is 2. The number of phenolic OH excluding ortho intramolecular Hbond substituents is 1. The van der Waals surface area contributed by atoms with Gasteiger partial charge in [0.25, 0.3) is 17.5 Å². The van der Waals surface area contributed by atoms with Gasteiger partial charge in [-0.15, -0.1) is 0 Å². The Bertz CT molecular complexity index is 1420. The number of para-hydroxylation sites is 1. The van der Waals surface area contributed by atoms with Crippen molar-refractivity contribution in [2.45, 2.75) is 25.7 Å². The molecule has 0 fully saturated rings.